The van der Waals surface area contributed by atoms with Gasteiger partial charge >= 0.3 is 0 Å². The molecule has 0 atom stereocenters. The Kier molecular flexibility index (Phi) is 5.43. The molecular weight excluding hydrogens is 348 g/mol. The quantitative estimate of drug-likeness (QED) is 0.526. The van der Waals surface area contributed by atoms with Crippen molar-refractivity contribution < 1.29 is 14.6 Å². The van der Waals surface area contributed by atoms with Gasteiger partial charge in [0.05, 0.1) is 17.7 Å². The van der Waals surface area contributed by atoms with Crippen molar-refractivity contribution >= 4 is 23.5 Å². The zero-order chi connectivity index (χ0) is 18.5. The molecule has 0 aliphatic rings. The number of aromatic nitrogens is 1. The number of rotatable bonds is 6. The molecule has 0 aliphatic carbocycles. The van der Waals surface area contributed by atoms with E-state index in [1.54, 1.807) is 18.3 Å². The van der Waals surface area contributed by atoms with E-state index in [1.807, 2.05) is 37.3 Å². The molecular formula is C20H18N2O3S. The molecule has 1 N–H and O–H groups in total. The number of phenolic OH excluding ortho intramolecular Hbond substituents is 1. The standard InChI is InChI=1S/C20H18N2O3S/c1-13-5-3-4-6-15(13)16-10-20(26-22-16)18(24)12-21-11-14-7-8-19(25-2)17(23)9-14/h3-11,23H,12H2,1-2H3. The monoisotopic (exact) mass is 366 g/mol. The first-order chi connectivity index (χ1) is 12.6. The second-order valence-electron chi connectivity index (χ2n) is 5.72. The van der Waals surface area contributed by atoms with Crippen molar-refractivity contribution in [3.05, 3.63) is 64.5 Å². The first-order valence-electron chi connectivity index (χ1n) is 8.01. The number of aryl methyl sites for hydroxylation is 1. The van der Waals surface area contributed by atoms with Crippen molar-refractivity contribution in [2.75, 3.05) is 13.7 Å². The Labute approximate surface area is 155 Å². The van der Waals surface area contributed by atoms with Crippen LogP contribution in [0.5, 0.6) is 11.5 Å². The lowest BCUT2D eigenvalue weighted by Crippen LogP contribution is -2.01. The molecule has 0 radical (unpaired) electrons. The Morgan fingerprint density at radius 2 is 2.08 bits per heavy atom. The lowest BCUT2D eigenvalue weighted by molar-refractivity contribution is 0.101. The van der Waals surface area contributed by atoms with Crippen LogP contribution in [0.3, 0.4) is 0 Å². The van der Waals surface area contributed by atoms with Crippen LogP contribution in [0, 0.1) is 6.92 Å². The summed E-state index contributed by atoms with van der Waals surface area (Å²) in [5.74, 6) is 0.344. The zero-order valence-corrected chi connectivity index (χ0v) is 15.3. The minimum absolute atomic E-state index is 0.0300. The fourth-order valence-electron chi connectivity index (χ4n) is 2.49. The highest BCUT2D eigenvalue weighted by molar-refractivity contribution is 7.08. The molecule has 0 saturated carbocycles. The average molecular weight is 366 g/mol. The van der Waals surface area contributed by atoms with Crippen LogP contribution in [-0.2, 0) is 0 Å². The number of carbonyl (C=O) groups is 1. The summed E-state index contributed by atoms with van der Waals surface area (Å²) in [6.07, 6.45) is 1.56. The first-order valence-corrected chi connectivity index (χ1v) is 8.78. The normalized spacial score (nSPS) is 11.0. The number of aromatic hydroxyl groups is 1. The predicted octanol–water partition coefficient (Wildman–Crippen LogP) is 4.13. The molecule has 26 heavy (non-hydrogen) atoms. The van der Waals surface area contributed by atoms with E-state index in [4.69, 9.17) is 4.74 Å². The van der Waals surface area contributed by atoms with Crippen molar-refractivity contribution in [3.63, 3.8) is 0 Å². The van der Waals surface area contributed by atoms with Crippen LogP contribution >= 0.6 is 11.5 Å². The van der Waals surface area contributed by atoms with E-state index in [-0.39, 0.29) is 18.1 Å². The number of aliphatic imine (C=N–C) groups is 1. The molecule has 132 valence electrons. The first kappa shape index (κ1) is 17.8. The summed E-state index contributed by atoms with van der Waals surface area (Å²) in [6, 6.07) is 14.7. The predicted molar refractivity (Wildman–Crippen MR) is 104 cm³/mol. The molecule has 0 amide bonds. The van der Waals surface area contributed by atoms with E-state index in [9.17, 15) is 9.90 Å². The second kappa shape index (κ2) is 7.93. The number of carbonyl (C=O) groups excluding carboxylic acids is 1. The van der Waals surface area contributed by atoms with Gasteiger partial charge in [-0.15, -0.1) is 0 Å². The van der Waals surface area contributed by atoms with E-state index in [0.717, 1.165) is 16.8 Å². The third-order valence-electron chi connectivity index (χ3n) is 3.88. The maximum absolute atomic E-state index is 12.3. The Balaban J connectivity index is 1.67. The lowest BCUT2D eigenvalue weighted by Gasteiger charge is -2.02. The summed E-state index contributed by atoms with van der Waals surface area (Å²) in [4.78, 5) is 17.1. The Morgan fingerprint density at radius 3 is 2.81 bits per heavy atom. The van der Waals surface area contributed by atoms with Gasteiger partial charge in [0.25, 0.3) is 0 Å². The fourth-order valence-corrected chi connectivity index (χ4v) is 3.17. The number of nitrogens with zero attached hydrogens (tertiary/aromatic N) is 2. The Morgan fingerprint density at radius 1 is 1.27 bits per heavy atom. The van der Waals surface area contributed by atoms with Crippen LogP contribution < -0.4 is 4.74 Å². The van der Waals surface area contributed by atoms with Gasteiger partial charge < -0.3 is 9.84 Å². The summed E-state index contributed by atoms with van der Waals surface area (Å²) in [5, 5.41) is 9.75. The summed E-state index contributed by atoms with van der Waals surface area (Å²) < 4.78 is 9.38. The van der Waals surface area contributed by atoms with Crippen molar-refractivity contribution in [2.45, 2.75) is 6.92 Å². The van der Waals surface area contributed by atoms with Gasteiger partial charge in [-0.25, -0.2) is 0 Å². The third kappa shape index (κ3) is 3.97. The van der Waals surface area contributed by atoms with Gasteiger partial charge in [0.2, 0.25) is 0 Å². The molecule has 3 rings (SSSR count). The van der Waals surface area contributed by atoms with E-state index >= 15 is 0 Å². The summed E-state index contributed by atoms with van der Waals surface area (Å²) in [6.45, 7) is 2.05. The van der Waals surface area contributed by atoms with Crippen molar-refractivity contribution in [1.29, 1.82) is 0 Å². The molecule has 0 saturated heterocycles. The molecule has 1 heterocycles. The number of ether oxygens (including phenoxy) is 1. The molecule has 6 heteroatoms. The molecule has 1 aromatic heterocycles. The number of hydrogen-bond acceptors (Lipinski definition) is 6. The van der Waals surface area contributed by atoms with Crippen molar-refractivity contribution in [1.82, 2.24) is 4.37 Å². The smallest absolute Gasteiger partial charge is 0.195 e. The van der Waals surface area contributed by atoms with Gasteiger partial charge in [-0.05, 0) is 53.8 Å². The van der Waals surface area contributed by atoms with Gasteiger partial charge in [0.1, 0.15) is 6.54 Å². The number of methoxy groups -OCH3 is 1. The average Bonchev–Trinajstić information content (AvgIpc) is 3.12. The van der Waals surface area contributed by atoms with E-state index in [1.165, 1.54) is 24.7 Å². The third-order valence-corrected chi connectivity index (χ3v) is 4.71. The largest absolute Gasteiger partial charge is 0.504 e. The van der Waals surface area contributed by atoms with Crippen LogP contribution in [0.4, 0.5) is 0 Å². The topological polar surface area (TPSA) is 71.8 Å². The summed E-state index contributed by atoms with van der Waals surface area (Å²) in [5.41, 5.74) is 3.65. The Bertz CT molecular complexity index is 963. The van der Waals surface area contributed by atoms with Crippen molar-refractivity contribution in [3.8, 4) is 22.8 Å². The number of Topliss-reactive ketones (excluding diaryl/α,β-unsaturated/α-hetero) is 1. The van der Waals surface area contributed by atoms with Gasteiger partial charge in [-0.1, -0.05) is 24.3 Å². The van der Waals surface area contributed by atoms with E-state index < -0.39 is 0 Å². The molecule has 3 aromatic rings. The maximum atomic E-state index is 12.3. The molecule has 0 spiro atoms. The molecule has 2 aromatic carbocycles. The number of ketones is 1. The van der Waals surface area contributed by atoms with Crippen LogP contribution in [0.2, 0.25) is 0 Å². The van der Waals surface area contributed by atoms with Crippen molar-refractivity contribution in [2.24, 2.45) is 4.99 Å². The number of benzene rings is 2. The lowest BCUT2D eigenvalue weighted by atomic mass is 10.1. The fraction of sp³-hybridized carbons (Fsp3) is 0.150. The van der Waals surface area contributed by atoms with Crippen LogP contribution in [0.25, 0.3) is 11.3 Å². The van der Waals surface area contributed by atoms with Gasteiger partial charge in [0.15, 0.2) is 17.3 Å². The minimum Gasteiger partial charge on any atom is -0.504 e. The van der Waals surface area contributed by atoms with Crippen LogP contribution in [0.1, 0.15) is 20.8 Å². The van der Waals surface area contributed by atoms with Gasteiger partial charge in [-0.2, -0.15) is 4.37 Å². The van der Waals surface area contributed by atoms with Crippen LogP contribution in [-0.4, -0.2) is 35.1 Å². The zero-order valence-electron chi connectivity index (χ0n) is 14.5. The number of phenols is 1. The maximum Gasteiger partial charge on any atom is 0.195 e. The molecule has 0 aliphatic heterocycles. The second-order valence-corrected chi connectivity index (χ2v) is 6.52. The summed E-state index contributed by atoms with van der Waals surface area (Å²) >= 11 is 1.18. The Hall–Kier alpha value is -2.99. The highest BCUT2D eigenvalue weighted by Crippen LogP contribution is 2.26. The molecule has 0 bridgehead atoms. The highest BCUT2D eigenvalue weighted by atomic mass is 32.1. The highest BCUT2D eigenvalue weighted by Gasteiger charge is 2.12. The van der Waals surface area contributed by atoms with Gasteiger partial charge in [0, 0.05) is 11.8 Å². The molecule has 5 nitrogen and oxygen atoms in total. The SMILES string of the molecule is COc1ccc(C=NCC(=O)c2cc(-c3ccccc3C)ns2)cc1O. The van der Waals surface area contributed by atoms with E-state index in [0.29, 0.717) is 16.2 Å². The van der Waals surface area contributed by atoms with E-state index in [2.05, 4.69) is 9.37 Å². The molecule has 0 fully saturated rings. The minimum atomic E-state index is -0.0867. The number of hydrogen-bond donors (Lipinski definition) is 1. The van der Waals surface area contributed by atoms with Crippen LogP contribution in [0.15, 0.2) is 53.5 Å². The summed E-state index contributed by atoms with van der Waals surface area (Å²) in [7, 11) is 1.49. The molecule has 0 unspecified atom stereocenters. The van der Waals surface area contributed by atoms with Gasteiger partial charge in [-0.3, -0.25) is 9.79 Å².